The van der Waals surface area contributed by atoms with Gasteiger partial charge in [-0.15, -0.1) is 0 Å². The van der Waals surface area contributed by atoms with Crippen LogP contribution >= 0.6 is 0 Å². The highest BCUT2D eigenvalue weighted by atomic mass is 16.6. The minimum absolute atomic E-state index is 0.00955. The van der Waals surface area contributed by atoms with Crippen LogP contribution in [0.15, 0.2) is 36.4 Å². The van der Waals surface area contributed by atoms with Crippen molar-refractivity contribution in [3.05, 3.63) is 46.8 Å². The molecule has 0 radical (unpaired) electrons. The smallest absolute Gasteiger partial charge is 0.344 e. The van der Waals surface area contributed by atoms with Crippen LogP contribution in [0.25, 0.3) is 22.1 Å². The van der Waals surface area contributed by atoms with E-state index in [2.05, 4.69) is 0 Å². The molecule has 0 bridgehead atoms. The minimum atomic E-state index is -0.583. The van der Waals surface area contributed by atoms with Gasteiger partial charge < -0.3 is 25.0 Å². The van der Waals surface area contributed by atoms with Gasteiger partial charge in [-0.05, 0) is 19.1 Å². The second kappa shape index (κ2) is 6.07. The van der Waals surface area contributed by atoms with Gasteiger partial charge in [0.25, 0.3) is 11.0 Å². The lowest BCUT2D eigenvalue weighted by molar-refractivity contribution is -0.591. The van der Waals surface area contributed by atoms with E-state index in [1.165, 1.54) is 36.4 Å². The molecule has 0 saturated carbocycles. The third-order valence-corrected chi connectivity index (χ3v) is 3.47. The predicted molar refractivity (Wildman–Crippen MR) is 83.2 cm³/mol. The van der Waals surface area contributed by atoms with Crippen LogP contribution in [-0.2, 0) is 9.53 Å². The molecular formula is C16H14N2O6. The fourth-order valence-electron chi connectivity index (χ4n) is 2.47. The average Bonchev–Trinajstić information content (AvgIpc) is 2.57. The lowest BCUT2D eigenvalue weighted by Crippen LogP contribution is -2.39. The van der Waals surface area contributed by atoms with Crippen LogP contribution < -0.4 is 14.2 Å². The van der Waals surface area contributed by atoms with E-state index < -0.39 is 5.97 Å². The molecule has 1 heterocycles. The summed E-state index contributed by atoms with van der Waals surface area (Å²) in [5, 5.41) is 35.0. The first-order chi connectivity index (χ1) is 11.5. The van der Waals surface area contributed by atoms with Crippen LogP contribution in [0, 0.1) is 10.4 Å². The van der Waals surface area contributed by atoms with Gasteiger partial charge >= 0.3 is 17.0 Å². The van der Waals surface area contributed by atoms with E-state index in [1.54, 1.807) is 6.92 Å². The third kappa shape index (κ3) is 2.47. The summed E-state index contributed by atoms with van der Waals surface area (Å²) in [5.74, 6) is -0.808. The molecule has 0 fully saturated rings. The van der Waals surface area contributed by atoms with Gasteiger partial charge in [0.15, 0.2) is 18.1 Å². The summed E-state index contributed by atoms with van der Waals surface area (Å²) in [6.07, 6.45) is 0. The highest BCUT2D eigenvalue weighted by molar-refractivity contribution is 5.83. The van der Waals surface area contributed by atoms with Gasteiger partial charge in [-0.2, -0.15) is 9.46 Å². The molecule has 0 spiro atoms. The van der Waals surface area contributed by atoms with Crippen LogP contribution in [0.3, 0.4) is 0 Å². The van der Waals surface area contributed by atoms with Crippen molar-refractivity contribution in [1.29, 1.82) is 0 Å². The van der Waals surface area contributed by atoms with Crippen molar-refractivity contribution in [3.8, 4) is 11.5 Å². The summed E-state index contributed by atoms with van der Waals surface area (Å²) in [6.45, 7) is 1.49. The normalized spacial score (nSPS) is 10.9. The number of carbonyl (C=O) groups excluding carboxylic acids is 1. The number of aromatic hydroxyl groups is 1. The molecular weight excluding hydrogens is 316 g/mol. The number of nitrogens with zero attached hydrogens (tertiary/aromatic N) is 2. The quantitative estimate of drug-likeness (QED) is 0.329. The summed E-state index contributed by atoms with van der Waals surface area (Å²) < 4.78 is 11.1. The molecule has 124 valence electrons. The van der Waals surface area contributed by atoms with Crippen LogP contribution in [-0.4, -0.2) is 24.3 Å². The van der Waals surface area contributed by atoms with E-state index in [9.17, 15) is 20.3 Å². The van der Waals surface area contributed by atoms with Gasteiger partial charge in [0, 0.05) is 12.1 Å². The number of fused-ring (bicyclic) bond motifs is 2. The zero-order chi connectivity index (χ0) is 17.3. The molecule has 2 aromatic carbocycles. The summed E-state index contributed by atoms with van der Waals surface area (Å²) in [7, 11) is 0. The molecule has 0 aliphatic heterocycles. The molecule has 0 saturated heterocycles. The molecule has 0 unspecified atom stereocenters. The molecule has 8 nitrogen and oxygen atoms in total. The number of ether oxygens (including phenoxy) is 2. The second-order valence-electron chi connectivity index (χ2n) is 4.95. The minimum Gasteiger partial charge on any atom is -0.617 e. The van der Waals surface area contributed by atoms with Gasteiger partial charge in [0.1, 0.15) is 0 Å². The predicted octanol–water partition coefficient (Wildman–Crippen LogP) is 0.907. The number of carbonyl (C=O) groups is 1. The van der Waals surface area contributed by atoms with Crippen molar-refractivity contribution >= 4 is 28.0 Å². The molecule has 3 aromatic rings. The third-order valence-electron chi connectivity index (χ3n) is 3.47. The molecule has 1 aromatic heterocycles. The summed E-state index contributed by atoms with van der Waals surface area (Å²) in [6, 6.07) is 8.62. The maximum atomic E-state index is 12.6. The number of phenolic OH excluding ortho intramolecular Hbond substituents is 1. The Morgan fingerprint density at radius 3 is 2.42 bits per heavy atom. The van der Waals surface area contributed by atoms with Gasteiger partial charge in [-0.25, -0.2) is 4.79 Å². The fraction of sp³-hybridized carbons (Fsp3) is 0.188. The van der Waals surface area contributed by atoms with E-state index in [4.69, 9.17) is 9.47 Å². The first kappa shape index (κ1) is 15.6. The zero-order valence-corrected chi connectivity index (χ0v) is 12.8. The molecule has 3 rings (SSSR count). The number of aromatic nitrogens is 2. The van der Waals surface area contributed by atoms with Crippen molar-refractivity contribution in [2.45, 2.75) is 6.92 Å². The van der Waals surface area contributed by atoms with Crippen molar-refractivity contribution < 1.29 is 28.8 Å². The van der Waals surface area contributed by atoms with E-state index in [0.29, 0.717) is 9.46 Å². The largest absolute Gasteiger partial charge is 0.617 e. The first-order valence-electron chi connectivity index (χ1n) is 7.22. The molecule has 8 heteroatoms. The van der Waals surface area contributed by atoms with Gasteiger partial charge in [0.2, 0.25) is 0 Å². The Balaban J connectivity index is 2.19. The number of phenols is 1. The maximum absolute atomic E-state index is 12.6. The highest BCUT2D eigenvalue weighted by Crippen LogP contribution is 2.25. The van der Waals surface area contributed by atoms with Crippen molar-refractivity contribution in [2.75, 3.05) is 13.2 Å². The van der Waals surface area contributed by atoms with Crippen LogP contribution in [0.2, 0.25) is 0 Å². The van der Waals surface area contributed by atoms with E-state index in [0.717, 1.165) is 0 Å². The Labute approximate surface area is 136 Å². The second-order valence-corrected chi connectivity index (χ2v) is 4.95. The Morgan fingerprint density at radius 2 is 1.71 bits per heavy atom. The monoisotopic (exact) mass is 330 g/mol. The van der Waals surface area contributed by atoms with Crippen molar-refractivity contribution in [3.63, 3.8) is 0 Å². The standard InChI is InChI=1S/C16H14N2O6/c1-2-23-14(20)9-24-13-8-4-6-11-16(13)18(22)10-5-3-7-12(19)15(10)17(11)21/h3-8,19H,2,9H2,1H3. The average molecular weight is 330 g/mol. The Hall–Kier alpha value is -3.29. The van der Waals surface area contributed by atoms with Crippen molar-refractivity contribution in [2.24, 2.45) is 0 Å². The Morgan fingerprint density at radius 1 is 1.08 bits per heavy atom. The zero-order valence-electron chi connectivity index (χ0n) is 12.8. The van der Waals surface area contributed by atoms with Crippen LogP contribution in [0.4, 0.5) is 0 Å². The Bertz CT molecular complexity index is 941. The topological polar surface area (TPSA) is 110 Å². The molecule has 1 N–H and O–H groups in total. The summed E-state index contributed by atoms with van der Waals surface area (Å²) in [5.41, 5.74) is -0.164. The Kier molecular flexibility index (Phi) is 3.95. The van der Waals surface area contributed by atoms with Gasteiger partial charge in [-0.1, -0.05) is 12.1 Å². The summed E-state index contributed by atoms with van der Waals surface area (Å²) in [4.78, 5) is 11.4. The number of para-hydroxylation sites is 2. The molecule has 0 aliphatic rings. The maximum Gasteiger partial charge on any atom is 0.344 e. The van der Waals surface area contributed by atoms with Gasteiger partial charge in [0.05, 0.1) is 6.61 Å². The van der Waals surface area contributed by atoms with E-state index >= 15 is 0 Å². The molecule has 24 heavy (non-hydrogen) atoms. The highest BCUT2D eigenvalue weighted by Gasteiger charge is 2.27. The molecule has 0 aliphatic carbocycles. The van der Waals surface area contributed by atoms with Crippen molar-refractivity contribution in [1.82, 2.24) is 0 Å². The van der Waals surface area contributed by atoms with Crippen LogP contribution in [0.5, 0.6) is 11.5 Å². The fourth-order valence-corrected chi connectivity index (χ4v) is 2.47. The lowest BCUT2D eigenvalue weighted by Gasteiger charge is -2.11. The SMILES string of the molecule is CCOC(=O)COc1cccc2c1[n+]([O-])c1cccc(O)c1[n+]2[O-]. The first-order valence-corrected chi connectivity index (χ1v) is 7.22. The number of esters is 1. The van der Waals surface area contributed by atoms with E-state index in [1.807, 2.05) is 0 Å². The van der Waals surface area contributed by atoms with Crippen LogP contribution in [0.1, 0.15) is 6.92 Å². The number of rotatable bonds is 4. The lowest BCUT2D eigenvalue weighted by atomic mass is 10.2. The molecule has 0 amide bonds. The summed E-state index contributed by atoms with van der Waals surface area (Å²) >= 11 is 0. The number of benzene rings is 2. The number of hydrogen-bond donors (Lipinski definition) is 1. The van der Waals surface area contributed by atoms with E-state index in [-0.39, 0.29) is 46.8 Å². The molecule has 0 atom stereocenters. The van der Waals surface area contributed by atoms with Gasteiger partial charge in [-0.3, -0.25) is 0 Å². The number of hydrogen-bond acceptors (Lipinski definition) is 6.